The lowest BCUT2D eigenvalue weighted by Gasteiger charge is -2.18. The van der Waals surface area contributed by atoms with Crippen LogP contribution in [0, 0.1) is 0 Å². The van der Waals surface area contributed by atoms with E-state index in [9.17, 15) is 0 Å². The lowest BCUT2D eigenvalue weighted by molar-refractivity contribution is 0.669. The van der Waals surface area contributed by atoms with Crippen molar-refractivity contribution >= 4 is 76.1 Å². The summed E-state index contributed by atoms with van der Waals surface area (Å²) < 4.78 is 6.21. The highest BCUT2D eigenvalue weighted by Crippen LogP contribution is 2.45. The van der Waals surface area contributed by atoms with Gasteiger partial charge in [0.2, 0.25) is 0 Å². The second kappa shape index (κ2) is 10.8. The van der Waals surface area contributed by atoms with E-state index in [-0.39, 0.29) is 0 Å². The van der Waals surface area contributed by atoms with Gasteiger partial charge in [0.05, 0.1) is 22.4 Å². The van der Waals surface area contributed by atoms with E-state index in [1.54, 1.807) is 0 Å². The van der Waals surface area contributed by atoms with Crippen molar-refractivity contribution in [1.82, 2.24) is 9.97 Å². The standard InChI is InChI=1S/C48H28N2O/c1-2-10-29(11-3-1)40-25-21-30-18-19-31-22-26-41(50-48(31)47(30)49-40)45-37-14-6-4-12-35(37)44(36-13-5-7-15-38(36)45)33-20-24-34-32(28-33)23-27-43-46(34)39-16-8-9-17-42(39)51-43/h1-28H. The summed E-state index contributed by atoms with van der Waals surface area (Å²) in [6.07, 6.45) is 0. The molecule has 0 bridgehead atoms. The molecule has 0 N–H and O–H groups in total. The van der Waals surface area contributed by atoms with Gasteiger partial charge in [0, 0.05) is 32.7 Å². The van der Waals surface area contributed by atoms with Crippen LogP contribution in [-0.4, -0.2) is 9.97 Å². The minimum Gasteiger partial charge on any atom is -0.456 e. The van der Waals surface area contributed by atoms with Crippen LogP contribution >= 0.6 is 0 Å². The lowest BCUT2D eigenvalue weighted by atomic mass is 9.86. The van der Waals surface area contributed by atoms with Gasteiger partial charge in [0.15, 0.2) is 0 Å². The van der Waals surface area contributed by atoms with Gasteiger partial charge >= 0.3 is 0 Å². The number of benzene rings is 8. The third kappa shape index (κ3) is 4.25. The Morgan fingerprint density at radius 2 is 0.882 bits per heavy atom. The fourth-order valence-corrected chi connectivity index (χ4v) is 8.10. The molecule has 0 aliphatic rings. The number of fused-ring (bicyclic) bond motifs is 10. The SMILES string of the molecule is c1ccc(-c2ccc3ccc4ccc(-c5c6ccccc6c(-c6ccc7c(ccc8oc9ccccc9c87)c6)c6ccccc56)nc4c3n2)cc1. The van der Waals surface area contributed by atoms with Crippen molar-refractivity contribution in [3.8, 4) is 33.6 Å². The molecule has 0 saturated heterocycles. The van der Waals surface area contributed by atoms with Crippen molar-refractivity contribution in [2.45, 2.75) is 0 Å². The van der Waals surface area contributed by atoms with Crippen LogP contribution in [0.3, 0.4) is 0 Å². The Bertz CT molecular complexity index is 3140. The number of hydrogen-bond acceptors (Lipinski definition) is 3. The van der Waals surface area contributed by atoms with Crippen LogP contribution in [0.25, 0.3) is 110 Å². The number of rotatable bonds is 3. The van der Waals surface area contributed by atoms with Gasteiger partial charge in [0.25, 0.3) is 0 Å². The van der Waals surface area contributed by atoms with E-state index in [0.717, 1.165) is 60.9 Å². The smallest absolute Gasteiger partial charge is 0.136 e. The van der Waals surface area contributed by atoms with E-state index in [1.165, 1.54) is 48.8 Å². The van der Waals surface area contributed by atoms with Crippen molar-refractivity contribution in [3.05, 3.63) is 170 Å². The Labute approximate surface area is 293 Å². The molecular formula is C48H28N2O. The summed E-state index contributed by atoms with van der Waals surface area (Å²) in [4.78, 5) is 10.6. The maximum atomic E-state index is 6.21. The summed E-state index contributed by atoms with van der Waals surface area (Å²) in [6.45, 7) is 0. The molecule has 11 rings (SSSR count). The second-order valence-electron chi connectivity index (χ2n) is 13.3. The molecule has 0 saturated carbocycles. The fourth-order valence-electron chi connectivity index (χ4n) is 8.10. The minimum atomic E-state index is 0.910. The first-order chi connectivity index (χ1) is 25.3. The third-order valence-corrected chi connectivity index (χ3v) is 10.4. The Morgan fingerprint density at radius 3 is 1.59 bits per heavy atom. The number of nitrogens with zero attached hydrogens (tertiary/aromatic N) is 2. The molecule has 0 aliphatic heterocycles. The molecule has 51 heavy (non-hydrogen) atoms. The normalized spacial score (nSPS) is 11.9. The van der Waals surface area contributed by atoms with Crippen LogP contribution in [0.5, 0.6) is 0 Å². The number of furan rings is 1. The Morgan fingerprint density at radius 1 is 0.333 bits per heavy atom. The summed E-state index contributed by atoms with van der Waals surface area (Å²) in [6, 6.07) is 60.2. The molecule has 0 amide bonds. The quantitative estimate of drug-likeness (QED) is 0.141. The van der Waals surface area contributed by atoms with E-state index >= 15 is 0 Å². The number of pyridine rings is 2. The van der Waals surface area contributed by atoms with Crippen molar-refractivity contribution in [1.29, 1.82) is 0 Å². The largest absolute Gasteiger partial charge is 0.456 e. The summed E-state index contributed by atoms with van der Waals surface area (Å²) in [5.74, 6) is 0. The maximum absolute atomic E-state index is 6.21. The molecule has 11 aromatic rings. The first-order valence-electron chi connectivity index (χ1n) is 17.3. The molecule has 0 spiro atoms. The van der Waals surface area contributed by atoms with Crippen LogP contribution in [0.2, 0.25) is 0 Å². The molecule has 0 aliphatic carbocycles. The topological polar surface area (TPSA) is 38.9 Å². The molecule has 3 heterocycles. The van der Waals surface area contributed by atoms with Gasteiger partial charge in [-0.25, -0.2) is 9.97 Å². The van der Waals surface area contributed by atoms with E-state index in [4.69, 9.17) is 14.4 Å². The molecule has 0 unspecified atom stereocenters. The molecule has 8 aromatic carbocycles. The molecule has 0 radical (unpaired) electrons. The van der Waals surface area contributed by atoms with E-state index in [2.05, 4.69) is 152 Å². The maximum Gasteiger partial charge on any atom is 0.136 e. The highest BCUT2D eigenvalue weighted by Gasteiger charge is 2.19. The van der Waals surface area contributed by atoms with Crippen molar-refractivity contribution < 1.29 is 4.42 Å². The van der Waals surface area contributed by atoms with Gasteiger partial charge < -0.3 is 4.42 Å². The van der Waals surface area contributed by atoms with Crippen molar-refractivity contribution in [2.24, 2.45) is 0 Å². The molecule has 3 aromatic heterocycles. The highest BCUT2D eigenvalue weighted by molar-refractivity contribution is 6.23. The fraction of sp³-hybridized carbons (Fsp3) is 0. The number of para-hydroxylation sites is 1. The summed E-state index contributed by atoms with van der Waals surface area (Å²) in [5.41, 5.74) is 10.2. The van der Waals surface area contributed by atoms with Gasteiger partial charge in [-0.05, 0) is 73.8 Å². The van der Waals surface area contributed by atoms with Gasteiger partial charge in [-0.2, -0.15) is 0 Å². The average molecular weight is 649 g/mol. The van der Waals surface area contributed by atoms with Gasteiger partial charge in [-0.1, -0.05) is 140 Å². The van der Waals surface area contributed by atoms with Crippen LogP contribution in [0.4, 0.5) is 0 Å². The zero-order valence-electron chi connectivity index (χ0n) is 27.5. The first kappa shape index (κ1) is 28.0. The Balaban J connectivity index is 1.16. The van der Waals surface area contributed by atoms with Crippen LogP contribution in [0.1, 0.15) is 0 Å². The molecule has 0 fully saturated rings. The van der Waals surface area contributed by atoms with Crippen LogP contribution in [-0.2, 0) is 0 Å². The first-order valence-corrected chi connectivity index (χ1v) is 17.3. The lowest BCUT2D eigenvalue weighted by Crippen LogP contribution is -1.94. The monoisotopic (exact) mass is 648 g/mol. The number of hydrogen-bond donors (Lipinski definition) is 0. The molecule has 236 valence electrons. The van der Waals surface area contributed by atoms with Crippen LogP contribution in [0.15, 0.2) is 174 Å². The summed E-state index contributed by atoms with van der Waals surface area (Å²) in [5, 5.41) is 11.6. The van der Waals surface area contributed by atoms with Gasteiger partial charge in [-0.15, -0.1) is 0 Å². The van der Waals surface area contributed by atoms with E-state index in [0.29, 0.717) is 0 Å². The Kier molecular flexibility index (Phi) is 5.96. The molecule has 3 heteroatoms. The van der Waals surface area contributed by atoms with Crippen LogP contribution < -0.4 is 0 Å². The number of aromatic nitrogens is 2. The predicted molar refractivity (Wildman–Crippen MR) is 213 cm³/mol. The van der Waals surface area contributed by atoms with Gasteiger partial charge in [0.1, 0.15) is 11.2 Å². The minimum absolute atomic E-state index is 0.910. The van der Waals surface area contributed by atoms with E-state index in [1.807, 2.05) is 18.2 Å². The van der Waals surface area contributed by atoms with Gasteiger partial charge in [-0.3, -0.25) is 0 Å². The second-order valence-corrected chi connectivity index (χ2v) is 13.3. The molecule has 0 atom stereocenters. The van der Waals surface area contributed by atoms with Crippen molar-refractivity contribution in [3.63, 3.8) is 0 Å². The molecule has 3 nitrogen and oxygen atoms in total. The summed E-state index contributed by atoms with van der Waals surface area (Å²) >= 11 is 0. The predicted octanol–water partition coefficient (Wildman–Crippen LogP) is 13.1. The zero-order chi connectivity index (χ0) is 33.5. The van der Waals surface area contributed by atoms with E-state index < -0.39 is 0 Å². The van der Waals surface area contributed by atoms with Crippen molar-refractivity contribution in [2.75, 3.05) is 0 Å². The summed E-state index contributed by atoms with van der Waals surface area (Å²) in [7, 11) is 0. The third-order valence-electron chi connectivity index (χ3n) is 10.4. The zero-order valence-corrected chi connectivity index (χ0v) is 27.5. The average Bonchev–Trinajstić information content (AvgIpc) is 3.59. The molecular weight excluding hydrogens is 621 g/mol. The Hall–Kier alpha value is -6.84. The highest BCUT2D eigenvalue weighted by atomic mass is 16.3.